The number of pyridine rings is 1. The van der Waals surface area contributed by atoms with Gasteiger partial charge in [0.05, 0.1) is 12.1 Å². The highest BCUT2D eigenvalue weighted by molar-refractivity contribution is 9.10. The number of nitrogens with zero attached hydrogens (tertiary/aromatic N) is 2. The Kier molecular flexibility index (Phi) is 5.51. The number of carboxylic acid groups (broad SMARTS) is 1. The lowest BCUT2D eigenvalue weighted by Crippen LogP contribution is -2.51. The van der Waals surface area contributed by atoms with Crippen LogP contribution in [0.25, 0.3) is 0 Å². The molecule has 1 aliphatic carbocycles. The summed E-state index contributed by atoms with van der Waals surface area (Å²) < 4.78 is 39.4. The number of aliphatic carboxylic acids is 1. The van der Waals surface area contributed by atoms with Gasteiger partial charge in [0.25, 0.3) is 0 Å². The first-order valence-corrected chi connectivity index (χ1v) is 7.95. The molecule has 128 valence electrons. The summed E-state index contributed by atoms with van der Waals surface area (Å²) in [5.74, 6) is -1.09. The van der Waals surface area contributed by atoms with Gasteiger partial charge in [-0.1, -0.05) is 6.92 Å². The first-order valence-electron chi connectivity index (χ1n) is 7.15. The highest BCUT2D eigenvalue weighted by Crippen LogP contribution is 2.37. The highest BCUT2D eigenvalue weighted by Gasteiger charge is 2.38. The molecule has 23 heavy (non-hydrogen) atoms. The number of aromatic nitrogens is 1. The van der Waals surface area contributed by atoms with Crippen molar-refractivity contribution < 1.29 is 23.1 Å². The molecule has 0 bridgehead atoms. The number of likely N-dealkylation sites (N-methyl/N-ethyl adjacent to an activating group) is 1. The van der Waals surface area contributed by atoms with Crippen molar-refractivity contribution in [2.45, 2.75) is 38.0 Å². The van der Waals surface area contributed by atoms with Crippen molar-refractivity contribution in [3.05, 3.63) is 22.3 Å². The molecule has 9 heteroatoms. The van der Waals surface area contributed by atoms with Gasteiger partial charge in [-0.2, -0.15) is 13.2 Å². The van der Waals surface area contributed by atoms with Crippen LogP contribution < -0.4 is 5.32 Å². The predicted octanol–water partition coefficient (Wildman–Crippen LogP) is 3.21. The van der Waals surface area contributed by atoms with Crippen LogP contribution in [0.2, 0.25) is 0 Å². The molecule has 1 aliphatic rings. The Morgan fingerprint density at radius 2 is 2.17 bits per heavy atom. The molecule has 0 radical (unpaired) electrons. The number of hydrogen-bond donors (Lipinski definition) is 2. The monoisotopic (exact) mass is 395 g/mol. The molecular formula is C14H17BrF3N3O2. The summed E-state index contributed by atoms with van der Waals surface area (Å²) in [4.78, 5) is 16.4. The van der Waals surface area contributed by atoms with E-state index in [2.05, 4.69) is 26.2 Å². The lowest BCUT2D eigenvalue weighted by Gasteiger charge is -2.42. The summed E-state index contributed by atoms with van der Waals surface area (Å²) in [5, 5.41) is 11.7. The molecule has 0 aromatic carbocycles. The van der Waals surface area contributed by atoms with Crippen LogP contribution in [-0.2, 0) is 11.0 Å². The Labute approximate surface area is 140 Å². The van der Waals surface area contributed by atoms with Crippen molar-refractivity contribution >= 4 is 27.7 Å². The third-order valence-corrected chi connectivity index (χ3v) is 4.31. The Balaban J connectivity index is 1.99. The molecule has 0 unspecified atom stereocenters. The number of nitrogens with one attached hydrogen (secondary N) is 1. The maximum absolute atomic E-state index is 13.0. The van der Waals surface area contributed by atoms with Gasteiger partial charge in [0.15, 0.2) is 0 Å². The van der Waals surface area contributed by atoms with Crippen molar-refractivity contribution in [3.63, 3.8) is 0 Å². The van der Waals surface area contributed by atoms with Crippen molar-refractivity contribution in [2.24, 2.45) is 0 Å². The molecule has 0 aliphatic heterocycles. The van der Waals surface area contributed by atoms with Crippen molar-refractivity contribution in [3.8, 4) is 0 Å². The number of alkyl halides is 3. The summed E-state index contributed by atoms with van der Waals surface area (Å²) >= 11 is 2.99. The van der Waals surface area contributed by atoms with Gasteiger partial charge in [-0.25, -0.2) is 4.98 Å². The van der Waals surface area contributed by atoms with Gasteiger partial charge in [-0.3, -0.25) is 9.69 Å². The van der Waals surface area contributed by atoms with E-state index in [-0.39, 0.29) is 28.9 Å². The molecule has 0 amide bonds. The van der Waals surface area contributed by atoms with Gasteiger partial charge in [0.2, 0.25) is 0 Å². The molecule has 1 saturated carbocycles. The van der Waals surface area contributed by atoms with Crippen LogP contribution in [0.1, 0.15) is 25.3 Å². The SMILES string of the molecule is CCN(CC(=O)O)C1CC(Nc2ncc(Br)cc2C(F)(F)F)C1. The predicted molar refractivity (Wildman–Crippen MR) is 82.3 cm³/mol. The molecule has 2 N–H and O–H groups in total. The third kappa shape index (κ3) is 4.57. The molecule has 2 rings (SSSR count). The normalized spacial score (nSPS) is 21.1. The van der Waals surface area contributed by atoms with Crippen molar-refractivity contribution in [1.29, 1.82) is 0 Å². The van der Waals surface area contributed by atoms with Crippen LogP contribution in [0.4, 0.5) is 19.0 Å². The van der Waals surface area contributed by atoms with Crippen molar-refractivity contribution in [1.82, 2.24) is 9.88 Å². The van der Waals surface area contributed by atoms with Crippen LogP contribution in [0, 0.1) is 0 Å². The minimum atomic E-state index is -4.49. The van der Waals surface area contributed by atoms with E-state index < -0.39 is 17.7 Å². The Morgan fingerprint density at radius 1 is 1.52 bits per heavy atom. The van der Waals surface area contributed by atoms with E-state index >= 15 is 0 Å². The lowest BCUT2D eigenvalue weighted by molar-refractivity contribution is -0.139. The smallest absolute Gasteiger partial charge is 0.419 e. The minimum Gasteiger partial charge on any atom is -0.480 e. The molecule has 1 aromatic heterocycles. The van der Waals surface area contributed by atoms with E-state index in [1.54, 1.807) is 4.90 Å². The summed E-state index contributed by atoms with van der Waals surface area (Å²) in [6.45, 7) is 2.40. The highest BCUT2D eigenvalue weighted by atomic mass is 79.9. The summed E-state index contributed by atoms with van der Waals surface area (Å²) in [6, 6.07) is 0.921. The van der Waals surface area contributed by atoms with Gasteiger partial charge < -0.3 is 10.4 Å². The quantitative estimate of drug-likeness (QED) is 0.773. The molecule has 0 spiro atoms. The maximum atomic E-state index is 13.0. The fourth-order valence-corrected chi connectivity index (χ4v) is 2.97. The summed E-state index contributed by atoms with van der Waals surface area (Å²) in [5.41, 5.74) is -0.812. The second-order valence-electron chi connectivity index (χ2n) is 5.47. The van der Waals surface area contributed by atoms with E-state index in [9.17, 15) is 18.0 Å². The van der Waals surface area contributed by atoms with Gasteiger partial charge >= 0.3 is 12.1 Å². The van der Waals surface area contributed by atoms with Gasteiger partial charge in [-0.05, 0) is 41.4 Å². The molecule has 0 saturated heterocycles. The van der Waals surface area contributed by atoms with Crippen molar-refractivity contribution in [2.75, 3.05) is 18.4 Å². The van der Waals surface area contributed by atoms with E-state index in [4.69, 9.17) is 5.11 Å². The zero-order chi connectivity index (χ0) is 17.2. The Bertz CT molecular complexity index is 577. The molecule has 5 nitrogen and oxygen atoms in total. The van der Waals surface area contributed by atoms with Crippen LogP contribution in [-0.4, -0.2) is 46.1 Å². The van der Waals surface area contributed by atoms with Crippen LogP contribution >= 0.6 is 15.9 Å². The number of hydrogen-bond acceptors (Lipinski definition) is 4. The molecule has 0 atom stereocenters. The number of halogens is 4. The topological polar surface area (TPSA) is 65.5 Å². The zero-order valence-electron chi connectivity index (χ0n) is 12.4. The first kappa shape index (κ1) is 18.0. The van der Waals surface area contributed by atoms with E-state index in [1.165, 1.54) is 6.20 Å². The summed E-state index contributed by atoms with van der Waals surface area (Å²) in [7, 11) is 0. The van der Waals surface area contributed by atoms with E-state index in [0.29, 0.717) is 19.4 Å². The number of carboxylic acids is 1. The van der Waals surface area contributed by atoms with Crippen LogP contribution in [0.5, 0.6) is 0 Å². The average molecular weight is 396 g/mol. The molecular weight excluding hydrogens is 379 g/mol. The van der Waals surface area contributed by atoms with Gasteiger partial charge in [0, 0.05) is 22.8 Å². The average Bonchev–Trinajstić information content (AvgIpc) is 2.40. The Morgan fingerprint density at radius 3 is 2.70 bits per heavy atom. The van der Waals surface area contributed by atoms with Gasteiger partial charge in [0.1, 0.15) is 5.82 Å². The fourth-order valence-electron chi connectivity index (χ4n) is 2.64. The van der Waals surface area contributed by atoms with E-state index in [0.717, 1.165) is 6.07 Å². The Hall–Kier alpha value is -1.35. The second-order valence-corrected chi connectivity index (χ2v) is 6.39. The number of rotatable bonds is 6. The second kappa shape index (κ2) is 7.04. The standard InChI is InChI=1S/C14H17BrF3N3O2/c1-2-21(7-12(22)23)10-4-9(5-10)20-13-11(14(16,17)18)3-8(15)6-19-13/h3,6,9-10H,2,4-5,7H2,1H3,(H,19,20)(H,22,23). The number of carbonyl (C=O) groups is 1. The van der Waals surface area contributed by atoms with E-state index in [1.807, 2.05) is 6.92 Å². The first-order chi connectivity index (χ1) is 10.7. The van der Waals surface area contributed by atoms with Gasteiger partial charge in [-0.15, -0.1) is 0 Å². The maximum Gasteiger partial charge on any atom is 0.419 e. The minimum absolute atomic E-state index is 0.0573. The molecule has 1 fully saturated rings. The molecule has 1 aromatic rings. The fraction of sp³-hybridized carbons (Fsp3) is 0.571. The zero-order valence-corrected chi connectivity index (χ0v) is 14.0. The van der Waals surface area contributed by atoms with Crippen LogP contribution in [0.3, 0.4) is 0 Å². The largest absolute Gasteiger partial charge is 0.480 e. The lowest BCUT2D eigenvalue weighted by atomic mass is 9.85. The molecule has 1 heterocycles. The summed E-state index contributed by atoms with van der Waals surface area (Å²) in [6.07, 6.45) is -1.98. The third-order valence-electron chi connectivity index (χ3n) is 3.87. The number of anilines is 1. The van der Waals surface area contributed by atoms with Crippen LogP contribution in [0.15, 0.2) is 16.7 Å².